The monoisotopic (exact) mass is 343 g/mol. The molecule has 1 fully saturated rings. The average molecular weight is 344 g/mol. The molecule has 0 radical (unpaired) electrons. The Hall–Kier alpha value is 0.140. The normalized spacial score (nSPS) is 25.4. The molecule has 0 aromatic carbocycles. The van der Waals surface area contributed by atoms with E-state index in [-0.39, 0.29) is 0 Å². The van der Waals surface area contributed by atoms with Crippen LogP contribution >= 0.6 is 27.3 Å². The maximum Gasteiger partial charge on any atom is 0.0701 e. The van der Waals surface area contributed by atoms with Gasteiger partial charge >= 0.3 is 0 Å². The van der Waals surface area contributed by atoms with Crippen molar-refractivity contribution in [3.63, 3.8) is 0 Å². The second kappa shape index (κ2) is 7.80. The van der Waals surface area contributed by atoms with Gasteiger partial charge in [0, 0.05) is 10.9 Å². The van der Waals surface area contributed by atoms with Crippen LogP contribution in [0.4, 0.5) is 0 Å². The summed E-state index contributed by atoms with van der Waals surface area (Å²) in [7, 11) is 0. The lowest BCUT2D eigenvalue weighted by Gasteiger charge is -2.32. The van der Waals surface area contributed by atoms with E-state index in [9.17, 15) is 0 Å². The minimum absolute atomic E-state index is 0.359. The van der Waals surface area contributed by atoms with Crippen molar-refractivity contribution in [2.75, 3.05) is 0 Å². The Bertz CT molecular complexity index is 369. The minimum atomic E-state index is 0.359. The number of thiophene rings is 1. The van der Waals surface area contributed by atoms with Crippen molar-refractivity contribution in [3.8, 4) is 0 Å². The van der Waals surface area contributed by atoms with Crippen molar-refractivity contribution < 1.29 is 0 Å². The predicted molar refractivity (Wildman–Crippen MR) is 88.7 cm³/mol. The van der Waals surface area contributed by atoms with Gasteiger partial charge in [-0.25, -0.2) is 0 Å². The van der Waals surface area contributed by atoms with Crippen LogP contribution in [0, 0.1) is 11.8 Å². The van der Waals surface area contributed by atoms with Gasteiger partial charge in [-0.2, -0.15) is 0 Å². The van der Waals surface area contributed by atoms with Crippen molar-refractivity contribution in [2.24, 2.45) is 17.6 Å². The molecule has 0 aliphatic heterocycles. The van der Waals surface area contributed by atoms with Gasteiger partial charge in [-0.3, -0.25) is 0 Å². The van der Waals surface area contributed by atoms with Crippen LogP contribution in [-0.4, -0.2) is 6.04 Å². The Balaban J connectivity index is 1.74. The fourth-order valence-electron chi connectivity index (χ4n) is 3.26. The zero-order chi connectivity index (χ0) is 13.7. The highest BCUT2D eigenvalue weighted by molar-refractivity contribution is 9.11. The van der Waals surface area contributed by atoms with E-state index in [0.29, 0.717) is 6.04 Å². The van der Waals surface area contributed by atoms with E-state index < -0.39 is 0 Å². The second-order valence-electron chi connectivity index (χ2n) is 6.00. The number of rotatable bonds is 6. The van der Waals surface area contributed by atoms with Crippen LogP contribution in [-0.2, 0) is 6.42 Å². The number of nitrogens with two attached hydrogens (primary N) is 1. The van der Waals surface area contributed by atoms with Crippen molar-refractivity contribution in [3.05, 3.63) is 20.8 Å². The first-order chi connectivity index (χ1) is 9.19. The molecular weight excluding hydrogens is 318 g/mol. The Morgan fingerprint density at radius 2 is 2.05 bits per heavy atom. The Morgan fingerprint density at radius 1 is 1.32 bits per heavy atom. The van der Waals surface area contributed by atoms with E-state index >= 15 is 0 Å². The van der Waals surface area contributed by atoms with Gasteiger partial charge in [0.2, 0.25) is 0 Å². The third-order valence-corrected chi connectivity index (χ3v) is 6.17. The molecular formula is C16H26BrNS. The molecule has 0 amide bonds. The van der Waals surface area contributed by atoms with Gasteiger partial charge in [-0.15, -0.1) is 11.3 Å². The number of halogens is 1. The average Bonchev–Trinajstić information content (AvgIpc) is 2.82. The topological polar surface area (TPSA) is 26.0 Å². The molecule has 1 atom stereocenters. The van der Waals surface area contributed by atoms with Crippen LogP contribution in [0.25, 0.3) is 0 Å². The molecule has 1 unspecified atom stereocenters. The molecule has 0 bridgehead atoms. The molecule has 19 heavy (non-hydrogen) atoms. The van der Waals surface area contributed by atoms with E-state index in [1.165, 1.54) is 53.6 Å². The van der Waals surface area contributed by atoms with Gasteiger partial charge in [0.05, 0.1) is 3.79 Å². The van der Waals surface area contributed by atoms with Gasteiger partial charge in [-0.05, 0) is 59.2 Å². The molecule has 108 valence electrons. The van der Waals surface area contributed by atoms with Crippen LogP contribution < -0.4 is 5.73 Å². The Morgan fingerprint density at radius 3 is 2.63 bits per heavy atom. The fourth-order valence-corrected chi connectivity index (χ4v) is 4.81. The molecule has 1 heterocycles. The summed E-state index contributed by atoms with van der Waals surface area (Å²) in [6.45, 7) is 2.29. The zero-order valence-electron chi connectivity index (χ0n) is 11.9. The standard InChI is InChI=1S/C16H26BrNS/c1-2-3-4-12-5-7-13(8-6-12)15(18)11-14-9-10-16(17)19-14/h9-10,12-13,15H,2-8,11,18H2,1H3. The highest BCUT2D eigenvalue weighted by atomic mass is 79.9. The number of unbranched alkanes of at least 4 members (excludes halogenated alkanes) is 1. The van der Waals surface area contributed by atoms with Gasteiger partial charge in [0.25, 0.3) is 0 Å². The Kier molecular flexibility index (Phi) is 6.37. The summed E-state index contributed by atoms with van der Waals surface area (Å²) in [6.07, 6.45) is 10.8. The van der Waals surface area contributed by atoms with E-state index in [1.807, 2.05) is 11.3 Å². The summed E-state index contributed by atoms with van der Waals surface area (Å²) in [5, 5.41) is 0. The summed E-state index contributed by atoms with van der Waals surface area (Å²) >= 11 is 5.36. The molecule has 2 N–H and O–H groups in total. The van der Waals surface area contributed by atoms with Crippen LogP contribution in [0.1, 0.15) is 56.7 Å². The summed E-state index contributed by atoms with van der Waals surface area (Å²) in [5.41, 5.74) is 6.43. The molecule has 0 saturated heterocycles. The summed E-state index contributed by atoms with van der Waals surface area (Å²) in [6, 6.07) is 4.70. The van der Waals surface area contributed by atoms with Gasteiger partial charge in [0.15, 0.2) is 0 Å². The van der Waals surface area contributed by atoms with Crippen molar-refractivity contribution in [2.45, 2.75) is 64.3 Å². The lowest BCUT2D eigenvalue weighted by Crippen LogP contribution is -2.34. The molecule has 1 saturated carbocycles. The second-order valence-corrected chi connectivity index (χ2v) is 8.54. The maximum absolute atomic E-state index is 6.43. The molecule has 3 heteroatoms. The van der Waals surface area contributed by atoms with E-state index in [2.05, 4.69) is 35.0 Å². The smallest absolute Gasteiger partial charge is 0.0701 e. The third kappa shape index (κ3) is 4.87. The number of hydrogen-bond acceptors (Lipinski definition) is 2. The van der Waals surface area contributed by atoms with Crippen molar-refractivity contribution in [1.82, 2.24) is 0 Å². The highest BCUT2D eigenvalue weighted by Gasteiger charge is 2.25. The quantitative estimate of drug-likeness (QED) is 0.737. The van der Waals surface area contributed by atoms with Gasteiger partial charge in [-0.1, -0.05) is 39.0 Å². The van der Waals surface area contributed by atoms with E-state index in [1.54, 1.807) is 0 Å². The molecule has 1 nitrogen and oxygen atoms in total. The highest BCUT2D eigenvalue weighted by Crippen LogP contribution is 2.34. The fraction of sp³-hybridized carbons (Fsp3) is 0.750. The molecule has 0 spiro atoms. The van der Waals surface area contributed by atoms with Crippen molar-refractivity contribution in [1.29, 1.82) is 0 Å². The van der Waals surface area contributed by atoms with E-state index in [0.717, 1.165) is 18.3 Å². The summed E-state index contributed by atoms with van der Waals surface area (Å²) in [5.74, 6) is 1.73. The minimum Gasteiger partial charge on any atom is -0.327 e. The SMILES string of the molecule is CCCCC1CCC(C(N)Cc2ccc(Br)s2)CC1. The van der Waals surface area contributed by atoms with Crippen LogP contribution in [0.5, 0.6) is 0 Å². The first kappa shape index (κ1) is 15.5. The van der Waals surface area contributed by atoms with Crippen LogP contribution in [0.3, 0.4) is 0 Å². The molecule has 1 aromatic rings. The lowest BCUT2D eigenvalue weighted by atomic mass is 9.76. The molecule has 2 rings (SSSR count). The zero-order valence-corrected chi connectivity index (χ0v) is 14.3. The molecule has 1 aliphatic carbocycles. The van der Waals surface area contributed by atoms with Crippen molar-refractivity contribution >= 4 is 27.3 Å². The Labute approximate surface area is 130 Å². The van der Waals surface area contributed by atoms with Gasteiger partial charge in [0.1, 0.15) is 0 Å². The summed E-state index contributed by atoms with van der Waals surface area (Å²) < 4.78 is 1.22. The maximum atomic E-state index is 6.43. The first-order valence-electron chi connectivity index (χ1n) is 7.68. The lowest BCUT2D eigenvalue weighted by molar-refractivity contribution is 0.231. The molecule has 1 aromatic heterocycles. The van der Waals surface area contributed by atoms with Crippen LogP contribution in [0.2, 0.25) is 0 Å². The van der Waals surface area contributed by atoms with Gasteiger partial charge < -0.3 is 5.73 Å². The first-order valence-corrected chi connectivity index (χ1v) is 9.29. The third-order valence-electron chi connectivity index (χ3n) is 4.53. The predicted octanol–water partition coefficient (Wildman–Crippen LogP) is 5.38. The molecule has 1 aliphatic rings. The summed E-state index contributed by atoms with van der Waals surface area (Å²) in [4.78, 5) is 1.42. The number of hydrogen-bond donors (Lipinski definition) is 1. The van der Waals surface area contributed by atoms with Crippen LogP contribution in [0.15, 0.2) is 15.9 Å². The largest absolute Gasteiger partial charge is 0.327 e. The van der Waals surface area contributed by atoms with E-state index in [4.69, 9.17) is 5.73 Å².